The Kier molecular flexibility index (Phi) is 3.43. The summed E-state index contributed by atoms with van der Waals surface area (Å²) in [5.41, 5.74) is 1.38. The Morgan fingerprint density at radius 2 is 2.36 bits per heavy atom. The first-order chi connectivity index (χ1) is 5.38. The van der Waals surface area contributed by atoms with Crippen molar-refractivity contribution >= 4 is 11.8 Å². The smallest absolute Gasteiger partial charge is 0.0989 e. The van der Waals surface area contributed by atoms with Gasteiger partial charge in [0.1, 0.15) is 0 Å². The quantitative estimate of drug-likeness (QED) is 0.642. The van der Waals surface area contributed by atoms with E-state index in [-0.39, 0.29) is 0 Å². The first-order valence-corrected chi connectivity index (χ1v) is 5.08. The summed E-state index contributed by atoms with van der Waals surface area (Å²) in [5.74, 6) is 0. The number of nitrogens with zero attached hydrogens (tertiary/aromatic N) is 1. The molecular weight excluding hydrogens is 154 g/mol. The summed E-state index contributed by atoms with van der Waals surface area (Å²) in [6, 6.07) is 4.16. The molecule has 0 atom stereocenters. The maximum Gasteiger partial charge on any atom is 0.0989 e. The topological polar surface area (TPSA) is 12.9 Å². The third kappa shape index (κ3) is 2.22. The molecule has 0 amide bonds. The minimum Gasteiger partial charge on any atom is -0.250 e. The zero-order chi connectivity index (χ0) is 8.10. The first-order valence-electron chi connectivity index (χ1n) is 3.86. The van der Waals surface area contributed by atoms with Crippen LogP contribution in [-0.2, 0) is 6.42 Å². The van der Waals surface area contributed by atoms with Gasteiger partial charge in [-0.2, -0.15) is 0 Å². The second-order valence-electron chi connectivity index (χ2n) is 2.42. The molecule has 0 radical (unpaired) electrons. The van der Waals surface area contributed by atoms with Crippen LogP contribution in [0.15, 0.2) is 23.4 Å². The molecule has 1 aromatic heterocycles. The lowest BCUT2D eigenvalue weighted by Crippen LogP contribution is -1.88. The van der Waals surface area contributed by atoms with Crippen molar-refractivity contribution in [3.63, 3.8) is 0 Å². The molecule has 0 fully saturated rings. The first kappa shape index (κ1) is 8.60. The number of aromatic nitrogens is 1. The fourth-order valence-corrected chi connectivity index (χ4v) is 1.67. The molecule has 2 heteroatoms. The molecule has 0 aromatic carbocycles. The summed E-state index contributed by atoms with van der Waals surface area (Å²) in [7, 11) is 0. The predicted octanol–water partition coefficient (Wildman–Crippen LogP) is 2.76. The Labute approximate surface area is 72.2 Å². The molecule has 1 heterocycles. The lowest BCUT2D eigenvalue weighted by Gasteiger charge is -2.02. The van der Waals surface area contributed by atoms with Crippen LogP contribution < -0.4 is 0 Å². The van der Waals surface area contributed by atoms with Gasteiger partial charge in [0, 0.05) is 6.20 Å². The molecule has 1 nitrogen and oxygen atoms in total. The number of thioether (sulfide) groups is 1. The normalized spacial score (nSPS) is 10.0. The van der Waals surface area contributed by atoms with Gasteiger partial charge in [-0.3, -0.25) is 0 Å². The summed E-state index contributed by atoms with van der Waals surface area (Å²) in [6.07, 6.45) is 6.26. The zero-order valence-electron chi connectivity index (χ0n) is 7.00. The maximum atomic E-state index is 4.28. The van der Waals surface area contributed by atoms with E-state index in [4.69, 9.17) is 0 Å². The molecule has 0 aliphatic heterocycles. The van der Waals surface area contributed by atoms with E-state index >= 15 is 0 Å². The van der Waals surface area contributed by atoms with Crippen molar-refractivity contribution < 1.29 is 0 Å². The number of pyridine rings is 1. The Morgan fingerprint density at radius 3 is 3.00 bits per heavy atom. The van der Waals surface area contributed by atoms with Crippen molar-refractivity contribution in [3.8, 4) is 0 Å². The highest BCUT2D eigenvalue weighted by atomic mass is 32.2. The van der Waals surface area contributed by atoms with Crippen LogP contribution in [0.25, 0.3) is 0 Å². The minimum absolute atomic E-state index is 1.14. The number of hydrogen-bond donors (Lipinski definition) is 0. The molecule has 0 aliphatic carbocycles. The van der Waals surface area contributed by atoms with Crippen molar-refractivity contribution in [3.05, 3.63) is 23.9 Å². The molecular formula is C9H13NS. The largest absolute Gasteiger partial charge is 0.250 e. The molecule has 0 spiro atoms. The van der Waals surface area contributed by atoms with Crippen LogP contribution in [0, 0.1) is 0 Å². The van der Waals surface area contributed by atoms with E-state index in [2.05, 4.69) is 24.2 Å². The average molecular weight is 167 g/mol. The Balaban J connectivity index is 2.83. The minimum atomic E-state index is 1.14. The van der Waals surface area contributed by atoms with Gasteiger partial charge in [0.2, 0.25) is 0 Å². The van der Waals surface area contributed by atoms with Crippen LogP contribution in [0.2, 0.25) is 0 Å². The van der Waals surface area contributed by atoms with Crippen LogP contribution in [0.3, 0.4) is 0 Å². The molecule has 0 N–H and O–H groups in total. The average Bonchev–Trinajstić information content (AvgIpc) is 2.06. The standard InChI is InChI=1S/C9H13NS/c1-3-5-8-6-4-7-10-9(8)11-2/h4,6-7H,3,5H2,1-2H3. The third-order valence-electron chi connectivity index (χ3n) is 1.56. The maximum absolute atomic E-state index is 4.28. The van der Waals surface area contributed by atoms with E-state index in [1.165, 1.54) is 17.0 Å². The lowest BCUT2D eigenvalue weighted by molar-refractivity contribution is 0.876. The van der Waals surface area contributed by atoms with E-state index in [0.717, 1.165) is 6.42 Å². The Bertz CT molecular complexity index is 223. The predicted molar refractivity (Wildman–Crippen MR) is 50.0 cm³/mol. The van der Waals surface area contributed by atoms with Crippen LogP contribution in [0.5, 0.6) is 0 Å². The lowest BCUT2D eigenvalue weighted by atomic mass is 10.2. The van der Waals surface area contributed by atoms with Gasteiger partial charge < -0.3 is 0 Å². The highest BCUT2D eigenvalue weighted by molar-refractivity contribution is 7.98. The fraction of sp³-hybridized carbons (Fsp3) is 0.444. The molecule has 0 saturated heterocycles. The summed E-state index contributed by atoms with van der Waals surface area (Å²) in [5, 5.41) is 1.18. The molecule has 0 unspecified atom stereocenters. The highest BCUT2D eigenvalue weighted by Crippen LogP contribution is 2.17. The zero-order valence-corrected chi connectivity index (χ0v) is 7.82. The third-order valence-corrected chi connectivity index (χ3v) is 2.32. The summed E-state index contributed by atoms with van der Waals surface area (Å²) < 4.78 is 0. The van der Waals surface area contributed by atoms with Gasteiger partial charge in [-0.1, -0.05) is 19.4 Å². The fourth-order valence-electron chi connectivity index (χ4n) is 1.07. The monoisotopic (exact) mass is 167 g/mol. The van der Waals surface area contributed by atoms with Crippen molar-refractivity contribution in [1.82, 2.24) is 4.98 Å². The molecule has 11 heavy (non-hydrogen) atoms. The van der Waals surface area contributed by atoms with Gasteiger partial charge in [-0.25, -0.2) is 4.98 Å². The number of hydrogen-bond acceptors (Lipinski definition) is 2. The van der Waals surface area contributed by atoms with E-state index in [1.807, 2.05) is 12.3 Å². The Hall–Kier alpha value is -0.500. The van der Waals surface area contributed by atoms with E-state index < -0.39 is 0 Å². The van der Waals surface area contributed by atoms with Crippen LogP contribution in [0.1, 0.15) is 18.9 Å². The van der Waals surface area contributed by atoms with Crippen molar-refractivity contribution in [2.24, 2.45) is 0 Å². The van der Waals surface area contributed by atoms with Gasteiger partial charge in [-0.15, -0.1) is 11.8 Å². The van der Waals surface area contributed by atoms with Crippen molar-refractivity contribution in [2.45, 2.75) is 24.8 Å². The summed E-state index contributed by atoms with van der Waals surface area (Å²) >= 11 is 1.72. The molecule has 0 aliphatic rings. The Morgan fingerprint density at radius 1 is 1.55 bits per heavy atom. The molecule has 1 rings (SSSR count). The van der Waals surface area contributed by atoms with E-state index in [0.29, 0.717) is 0 Å². The second kappa shape index (κ2) is 4.39. The van der Waals surface area contributed by atoms with Crippen LogP contribution in [0.4, 0.5) is 0 Å². The van der Waals surface area contributed by atoms with Gasteiger partial charge in [0.15, 0.2) is 0 Å². The number of rotatable bonds is 3. The summed E-state index contributed by atoms with van der Waals surface area (Å²) in [6.45, 7) is 2.19. The highest BCUT2D eigenvalue weighted by Gasteiger charge is 1.98. The molecule has 1 aromatic rings. The van der Waals surface area contributed by atoms with Gasteiger partial charge in [-0.05, 0) is 24.3 Å². The van der Waals surface area contributed by atoms with E-state index in [1.54, 1.807) is 11.8 Å². The van der Waals surface area contributed by atoms with Crippen molar-refractivity contribution in [2.75, 3.05) is 6.26 Å². The second-order valence-corrected chi connectivity index (χ2v) is 3.22. The van der Waals surface area contributed by atoms with E-state index in [9.17, 15) is 0 Å². The van der Waals surface area contributed by atoms with Crippen molar-refractivity contribution in [1.29, 1.82) is 0 Å². The number of aryl methyl sites for hydroxylation is 1. The SMILES string of the molecule is CCCc1cccnc1SC. The van der Waals surface area contributed by atoms with Crippen LogP contribution >= 0.6 is 11.8 Å². The van der Waals surface area contributed by atoms with Gasteiger partial charge in [0.25, 0.3) is 0 Å². The van der Waals surface area contributed by atoms with Gasteiger partial charge in [0.05, 0.1) is 5.03 Å². The molecule has 60 valence electrons. The van der Waals surface area contributed by atoms with Crippen LogP contribution in [-0.4, -0.2) is 11.2 Å². The summed E-state index contributed by atoms with van der Waals surface area (Å²) in [4.78, 5) is 4.28. The van der Waals surface area contributed by atoms with Gasteiger partial charge >= 0.3 is 0 Å². The molecule has 0 bridgehead atoms. The molecule has 0 saturated carbocycles.